The number of nitrogens with zero attached hydrogens (tertiary/aromatic N) is 1. The number of carbonyl (C=O) groups is 2. The van der Waals surface area contributed by atoms with Gasteiger partial charge in [-0.2, -0.15) is 0 Å². The molecule has 12 heavy (non-hydrogen) atoms. The molecular weight excluding hydrogens is 154 g/mol. The third-order valence-corrected chi connectivity index (χ3v) is 2.79. The molecule has 2 saturated heterocycles. The monoisotopic (exact) mass is 167 g/mol. The molecular formula is C9H13NO2. The highest BCUT2D eigenvalue weighted by Gasteiger charge is 2.31. The Hall–Kier alpha value is -0.700. The van der Waals surface area contributed by atoms with Crippen molar-refractivity contribution in [3.63, 3.8) is 0 Å². The first-order chi connectivity index (χ1) is 5.75. The lowest BCUT2D eigenvalue weighted by Crippen LogP contribution is -2.49. The Morgan fingerprint density at radius 2 is 1.50 bits per heavy atom. The van der Waals surface area contributed by atoms with Gasteiger partial charge in [-0.1, -0.05) is 0 Å². The van der Waals surface area contributed by atoms with Crippen LogP contribution in [0.25, 0.3) is 0 Å². The minimum Gasteiger partial charge on any atom is -0.298 e. The third kappa shape index (κ3) is 1.41. The minimum absolute atomic E-state index is 0.293. The first kappa shape index (κ1) is 7.92. The number of fused-ring (bicyclic) bond motifs is 1. The quantitative estimate of drug-likeness (QED) is 0.523. The zero-order chi connectivity index (χ0) is 8.55. The molecule has 2 rings (SSSR count). The molecule has 0 unspecified atom stereocenters. The summed E-state index contributed by atoms with van der Waals surface area (Å²) in [4.78, 5) is 24.2. The van der Waals surface area contributed by atoms with Gasteiger partial charge in [0.1, 0.15) is 11.6 Å². The SMILES string of the molecule is O=C1CCC2CCC(=O)CN2C1. The maximum absolute atomic E-state index is 11.1. The summed E-state index contributed by atoms with van der Waals surface area (Å²) in [6.07, 6.45) is 3.36. The van der Waals surface area contributed by atoms with Gasteiger partial charge in [0.05, 0.1) is 13.1 Å². The molecule has 0 aliphatic carbocycles. The summed E-state index contributed by atoms with van der Waals surface area (Å²) in [6.45, 7) is 1.02. The molecule has 0 saturated carbocycles. The predicted octanol–water partition coefficient (Wildman–Crippen LogP) is 0.383. The molecule has 2 aliphatic rings. The topological polar surface area (TPSA) is 37.4 Å². The molecule has 0 radical (unpaired) electrons. The van der Waals surface area contributed by atoms with E-state index in [0.717, 1.165) is 25.7 Å². The highest BCUT2D eigenvalue weighted by Crippen LogP contribution is 2.22. The van der Waals surface area contributed by atoms with Crippen molar-refractivity contribution in [1.82, 2.24) is 4.90 Å². The summed E-state index contributed by atoms with van der Waals surface area (Å²) in [5.41, 5.74) is 0. The number of piperidine rings is 2. The standard InChI is InChI=1S/C9H13NO2/c11-8-3-1-7-2-4-9(12)6-10(7)5-8/h7H,1-6H2. The van der Waals surface area contributed by atoms with E-state index in [0.29, 0.717) is 30.7 Å². The number of ketones is 2. The molecule has 2 fully saturated rings. The maximum atomic E-state index is 11.1. The van der Waals surface area contributed by atoms with Crippen molar-refractivity contribution in [2.75, 3.05) is 13.1 Å². The van der Waals surface area contributed by atoms with E-state index in [1.807, 2.05) is 4.90 Å². The molecule has 0 aromatic carbocycles. The predicted molar refractivity (Wildman–Crippen MR) is 43.8 cm³/mol. The van der Waals surface area contributed by atoms with Gasteiger partial charge >= 0.3 is 0 Å². The zero-order valence-corrected chi connectivity index (χ0v) is 7.08. The molecule has 0 spiro atoms. The molecule has 3 nitrogen and oxygen atoms in total. The Morgan fingerprint density at radius 3 is 2.00 bits per heavy atom. The number of rotatable bonds is 0. The van der Waals surface area contributed by atoms with Gasteiger partial charge in [0.2, 0.25) is 0 Å². The summed E-state index contributed by atoms with van der Waals surface area (Å²) in [5.74, 6) is 0.585. The third-order valence-electron chi connectivity index (χ3n) is 2.79. The van der Waals surface area contributed by atoms with Crippen LogP contribution in [-0.4, -0.2) is 35.6 Å². The van der Waals surface area contributed by atoms with E-state index in [-0.39, 0.29) is 0 Å². The Labute approximate surface area is 71.7 Å². The smallest absolute Gasteiger partial charge is 0.146 e. The summed E-state index contributed by atoms with van der Waals surface area (Å²) >= 11 is 0. The van der Waals surface area contributed by atoms with Crippen LogP contribution in [0.2, 0.25) is 0 Å². The zero-order valence-electron chi connectivity index (χ0n) is 7.08. The van der Waals surface area contributed by atoms with Gasteiger partial charge in [-0.15, -0.1) is 0 Å². The molecule has 0 atom stereocenters. The largest absolute Gasteiger partial charge is 0.298 e. The Kier molecular flexibility index (Phi) is 1.97. The van der Waals surface area contributed by atoms with Crippen LogP contribution < -0.4 is 0 Å². The molecule has 0 bridgehead atoms. The molecule has 0 aromatic heterocycles. The molecule has 0 amide bonds. The normalized spacial score (nSPS) is 27.3. The van der Waals surface area contributed by atoms with Crippen LogP contribution >= 0.6 is 0 Å². The molecule has 0 aromatic rings. The van der Waals surface area contributed by atoms with Crippen molar-refractivity contribution in [2.24, 2.45) is 0 Å². The molecule has 66 valence electrons. The second kappa shape index (κ2) is 2.98. The fraction of sp³-hybridized carbons (Fsp3) is 0.778. The van der Waals surface area contributed by atoms with E-state index < -0.39 is 0 Å². The average Bonchev–Trinajstić information content (AvgIpc) is 2.03. The Morgan fingerprint density at radius 1 is 1.00 bits per heavy atom. The van der Waals surface area contributed by atoms with E-state index in [1.165, 1.54) is 0 Å². The van der Waals surface area contributed by atoms with Crippen LogP contribution in [0.4, 0.5) is 0 Å². The van der Waals surface area contributed by atoms with Crippen LogP contribution in [-0.2, 0) is 9.59 Å². The number of hydrogen-bond donors (Lipinski definition) is 0. The van der Waals surface area contributed by atoms with Gasteiger partial charge < -0.3 is 0 Å². The summed E-state index contributed by atoms with van der Waals surface area (Å²) < 4.78 is 0. The van der Waals surface area contributed by atoms with Crippen molar-refractivity contribution in [3.8, 4) is 0 Å². The van der Waals surface area contributed by atoms with Crippen molar-refractivity contribution >= 4 is 11.6 Å². The summed E-state index contributed by atoms with van der Waals surface area (Å²) in [6, 6.07) is 0.514. The summed E-state index contributed by atoms with van der Waals surface area (Å²) in [5, 5.41) is 0. The van der Waals surface area contributed by atoms with Gasteiger partial charge in [0.15, 0.2) is 0 Å². The molecule has 0 N–H and O–H groups in total. The first-order valence-electron chi connectivity index (χ1n) is 4.53. The van der Waals surface area contributed by atoms with E-state index in [2.05, 4.69) is 0 Å². The van der Waals surface area contributed by atoms with Crippen molar-refractivity contribution in [2.45, 2.75) is 31.7 Å². The van der Waals surface area contributed by atoms with Crippen molar-refractivity contribution in [3.05, 3.63) is 0 Å². The van der Waals surface area contributed by atoms with Gasteiger partial charge in [0, 0.05) is 18.9 Å². The van der Waals surface area contributed by atoms with E-state index in [4.69, 9.17) is 0 Å². The van der Waals surface area contributed by atoms with E-state index >= 15 is 0 Å². The van der Waals surface area contributed by atoms with Crippen LogP contribution in [0, 0.1) is 0 Å². The van der Waals surface area contributed by atoms with Gasteiger partial charge in [-0.3, -0.25) is 14.5 Å². The second-order valence-electron chi connectivity index (χ2n) is 3.71. The first-order valence-corrected chi connectivity index (χ1v) is 4.53. The Bertz CT molecular complexity index is 203. The lowest BCUT2D eigenvalue weighted by atomic mass is 9.92. The molecule has 2 heterocycles. The fourth-order valence-electron chi connectivity index (χ4n) is 2.09. The van der Waals surface area contributed by atoms with Crippen LogP contribution in [0.3, 0.4) is 0 Å². The fourth-order valence-corrected chi connectivity index (χ4v) is 2.09. The van der Waals surface area contributed by atoms with Gasteiger partial charge in [-0.25, -0.2) is 0 Å². The van der Waals surface area contributed by atoms with Gasteiger partial charge in [0.25, 0.3) is 0 Å². The number of hydrogen-bond acceptors (Lipinski definition) is 3. The lowest BCUT2D eigenvalue weighted by molar-refractivity contribution is -0.129. The number of carbonyl (C=O) groups excluding carboxylic acids is 2. The van der Waals surface area contributed by atoms with Gasteiger partial charge in [-0.05, 0) is 12.8 Å². The van der Waals surface area contributed by atoms with E-state index in [1.54, 1.807) is 0 Å². The van der Waals surface area contributed by atoms with Crippen LogP contribution in [0.5, 0.6) is 0 Å². The van der Waals surface area contributed by atoms with Crippen molar-refractivity contribution in [1.29, 1.82) is 0 Å². The maximum Gasteiger partial charge on any atom is 0.146 e. The van der Waals surface area contributed by atoms with E-state index in [9.17, 15) is 9.59 Å². The second-order valence-corrected chi connectivity index (χ2v) is 3.71. The minimum atomic E-state index is 0.293. The highest BCUT2D eigenvalue weighted by atomic mass is 16.1. The summed E-state index contributed by atoms with van der Waals surface area (Å²) in [7, 11) is 0. The Balaban J connectivity index is 2.03. The average molecular weight is 167 g/mol. The molecule has 3 heteroatoms. The van der Waals surface area contributed by atoms with Crippen LogP contribution in [0.15, 0.2) is 0 Å². The number of Topliss-reactive ketones (excluding diaryl/α,β-unsaturated/α-hetero) is 2. The highest BCUT2D eigenvalue weighted by molar-refractivity contribution is 5.85. The lowest BCUT2D eigenvalue weighted by Gasteiger charge is -2.37. The van der Waals surface area contributed by atoms with Crippen molar-refractivity contribution < 1.29 is 9.59 Å². The van der Waals surface area contributed by atoms with Crippen LogP contribution in [0.1, 0.15) is 25.7 Å². The molecule has 2 aliphatic heterocycles.